The van der Waals surface area contributed by atoms with Crippen molar-refractivity contribution in [1.29, 1.82) is 0 Å². The summed E-state index contributed by atoms with van der Waals surface area (Å²) < 4.78 is 47.6. The summed E-state index contributed by atoms with van der Waals surface area (Å²) in [7, 11) is -0.643. The fourth-order valence-corrected chi connectivity index (χ4v) is 6.45. The van der Waals surface area contributed by atoms with Gasteiger partial charge in [-0.2, -0.15) is 4.31 Å². The molecule has 186 valence electrons. The van der Waals surface area contributed by atoms with Crippen LogP contribution in [-0.2, 0) is 17.1 Å². The van der Waals surface area contributed by atoms with Gasteiger partial charge in [0, 0.05) is 51.4 Å². The summed E-state index contributed by atoms with van der Waals surface area (Å²) >= 11 is 0. The Hall–Kier alpha value is -2.57. The van der Waals surface area contributed by atoms with E-state index in [9.17, 15) is 17.6 Å². The molecule has 0 radical (unpaired) electrons. The summed E-state index contributed by atoms with van der Waals surface area (Å²) in [5.41, 5.74) is 0.605. The van der Waals surface area contributed by atoms with Gasteiger partial charge in [-0.3, -0.25) is 14.4 Å². The number of carbonyl (C=O) groups excluding carboxylic acids is 1. The molecule has 0 spiro atoms. The molecule has 1 aromatic heterocycles. The minimum atomic E-state index is -3.69. The fraction of sp³-hybridized carbons (Fsp3) is 0.591. The zero-order valence-corrected chi connectivity index (χ0v) is 20.6. The number of sulfonamides is 1. The number of methoxy groups -OCH3 is 1. The van der Waals surface area contributed by atoms with Crippen LogP contribution in [0, 0.1) is 12.7 Å². The van der Waals surface area contributed by atoms with Crippen LogP contribution < -0.4 is 10.1 Å². The van der Waals surface area contributed by atoms with Crippen LogP contribution in [0.5, 0.6) is 5.75 Å². The smallest absolute Gasteiger partial charge is 0.264 e. The average Bonchev–Trinajstić information content (AvgIpc) is 3.47. The maximum Gasteiger partial charge on any atom is 0.264 e. The lowest BCUT2D eigenvalue weighted by Crippen LogP contribution is -2.60. The number of halogens is 1. The van der Waals surface area contributed by atoms with Crippen molar-refractivity contribution >= 4 is 15.9 Å². The average molecular weight is 495 g/mol. The second-order valence-electron chi connectivity index (χ2n) is 9.04. The summed E-state index contributed by atoms with van der Waals surface area (Å²) in [4.78, 5) is 15.3. The number of aromatic nitrogens is 3. The molecule has 1 saturated carbocycles. The number of hydrogen-bond acceptors (Lipinski definition) is 7. The molecule has 2 aliphatic rings. The van der Waals surface area contributed by atoms with Gasteiger partial charge < -0.3 is 10.1 Å². The highest BCUT2D eigenvalue weighted by Gasteiger charge is 2.42. The highest BCUT2D eigenvalue weighted by molar-refractivity contribution is 7.89. The maximum atomic E-state index is 13.7. The third kappa shape index (κ3) is 4.66. The molecule has 1 N–H and O–H groups in total. The third-order valence-corrected chi connectivity index (χ3v) is 8.68. The van der Waals surface area contributed by atoms with Crippen LogP contribution >= 0.6 is 0 Å². The minimum Gasteiger partial charge on any atom is -0.496 e. The van der Waals surface area contributed by atoms with Gasteiger partial charge in [-0.1, -0.05) is 18.1 Å². The second kappa shape index (κ2) is 9.59. The van der Waals surface area contributed by atoms with Crippen LogP contribution in [0.2, 0.25) is 0 Å². The lowest BCUT2D eigenvalue weighted by Gasteiger charge is -2.45. The second-order valence-corrected chi connectivity index (χ2v) is 10.9. The number of rotatable bonds is 7. The van der Waals surface area contributed by atoms with Crippen molar-refractivity contribution in [2.45, 2.75) is 43.2 Å². The van der Waals surface area contributed by atoms with Crippen molar-refractivity contribution < 1.29 is 22.3 Å². The van der Waals surface area contributed by atoms with Crippen LogP contribution in [-0.4, -0.2) is 83.9 Å². The van der Waals surface area contributed by atoms with Crippen molar-refractivity contribution in [3.8, 4) is 5.75 Å². The molecule has 2 heterocycles. The molecule has 2 fully saturated rings. The summed E-state index contributed by atoms with van der Waals surface area (Å²) in [6, 6.07) is 2.53. The first kappa shape index (κ1) is 24.6. The van der Waals surface area contributed by atoms with Gasteiger partial charge in [0.2, 0.25) is 5.03 Å². The summed E-state index contributed by atoms with van der Waals surface area (Å²) in [5, 5.41) is 10.5. The predicted molar refractivity (Wildman–Crippen MR) is 123 cm³/mol. The van der Waals surface area contributed by atoms with E-state index in [2.05, 4.69) is 20.5 Å². The lowest BCUT2D eigenvalue weighted by atomic mass is 9.93. The first-order valence-electron chi connectivity index (χ1n) is 11.4. The molecule has 2 aromatic rings. The number of aryl methyl sites for hydroxylation is 2. The molecule has 1 aliphatic carbocycles. The maximum absolute atomic E-state index is 13.7. The quantitative estimate of drug-likeness (QED) is 0.618. The fourth-order valence-electron chi connectivity index (χ4n) is 5.11. The molecule has 4 rings (SSSR count). The Morgan fingerprint density at radius 3 is 2.47 bits per heavy atom. The van der Waals surface area contributed by atoms with E-state index in [0.717, 1.165) is 25.7 Å². The van der Waals surface area contributed by atoms with E-state index < -0.39 is 15.8 Å². The molecule has 34 heavy (non-hydrogen) atoms. The molecule has 0 atom stereocenters. The third-order valence-electron chi connectivity index (χ3n) is 6.92. The summed E-state index contributed by atoms with van der Waals surface area (Å²) in [5.74, 6) is -0.546. The molecule has 1 amide bonds. The van der Waals surface area contributed by atoms with Crippen molar-refractivity contribution in [3.05, 3.63) is 35.3 Å². The van der Waals surface area contributed by atoms with E-state index in [4.69, 9.17) is 4.74 Å². The number of nitrogens with one attached hydrogen (secondary N) is 1. The van der Waals surface area contributed by atoms with Crippen LogP contribution in [0.4, 0.5) is 4.39 Å². The zero-order valence-electron chi connectivity index (χ0n) is 19.8. The predicted octanol–water partition coefficient (Wildman–Crippen LogP) is 1.32. The standard InChI is InChI=1S/C22H31FN6O4S/c1-16-12-17(23)13-18(33-3)20(16)21(30)24-15-22(6-4-5-7-22)28-8-10-29(11-9-28)34(31,32)19-14-27(2)26-25-19/h12-14H,4-11,15H2,1-3H3,(H,24,30). The van der Waals surface area contributed by atoms with E-state index in [1.807, 2.05) is 0 Å². The van der Waals surface area contributed by atoms with E-state index in [1.54, 1.807) is 14.0 Å². The molecule has 1 saturated heterocycles. The zero-order chi connectivity index (χ0) is 24.5. The van der Waals surface area contributed by atoms with Crippen molar-refractivity contribution in [3.63, 3.8) is 0 Å². The minimum absolute atomic E-state index is 0.0464. The van der Waals surface area contributed by atoms with Gasteiger partial charge in [-0.05, 0) is 31.4 Å². The van der Waals surface area contributed by atoms with E-state index >= 15 is 0 Å². The van der Waals surface area contributed by atoms with E-state index in [1.165, 1.54) is 34.4 Å². The van der Waals surface area contributed by atoms with Gasteiger partial charge in [0.05, 0.1) is 18.9 Å². The summed E-state index contributed by atoms with van der Waals surface area (Å²) in [6.07, 6.45) is 5.34. The number of carbonyl (C=O) groups is 1. The van der Waals surface area contributed by atoms with Crippen LogP contribution in [0.15, 0.2) is 23.4 Å². The van der Waals surface area contributed by atoms with Gasteiger partial charge in [0.15, 0.2) is 0 Å². The molecule has 10 nitrogen and oxygen atoms in total. The SMILES string of the molecule is COc1cc(F)cc(C)c1C(=O)NCC1(N2CCN(S(=O)(=O)c3cn(C)nn3)CC2)CCCC1. The highest BCUT2D eigenvalue weighted by atomic mass is 32.2. The Kier molecular flexibility index (Phi) is 6.92. The van der Waals surface area contributed by atoms with Crippen LogP contribution in [0.3, 0.4) is 0 Å². The molecule has 0 unspecified atom stereocenters. The Labute approximate surface area is 199 Å². The molecule has 12 heteroatoms. The number of benzene rings is 1. The van der Waals surface area contributed by atoms with Crippen molar-refractivity contribution in [2.24, 2.45) is 7.05 Å². The normalized spacial score (nSPS) is 19.3. The van der Waals surface area contributed by atoms with Crippen molar-refractivity contribution in [2.75, 3.05) is 39.8 Å². The Bertz CT molecular complexity index is 1150. The highest BCUT2D eigenvalue weighted by Crippen LogP contribution is 2.36. The number of hydrogen-bond donors (Lipinski definition) is 1. The van der Waals surface area contributed by atoms with Crippen molar-refractivity contribution in [1.82, 2.24) is 29.5 Å². The lowest BCUT2D eigenvalue weighted by molar-refractivity contribution is 0.0539. The monoisotopic (exact) mass is 494 g/mol. The first-order valence-corrected chi connectivity index (χ1v) is 12.8. The first-order chi connectivity index (χ1) is 16.2. The Balaban J connectivity index is 1.44. The molecular formula is C22H31FN6O4S. The van der Waals surface area contributed by atoms with Gasteiger partial charge in [-0.25, -0.2) is 12.8 Å². The van der Waals surface area contributed by atoms with E-state index in [-0.39, 0.29) is 22.2 Å². The number of ether oxygens (including phenoxy) is 1. The number of piperazine rings is 1. The molecule has 0 bridgehead atoms. The molecular weight excluding hydrogens is 463 g/mol. The van der Waals surface area contributed by atoms with Gasteiger partial charge >= 0.3 is 0 Å². The Morgan fingerprint density at radius 2 is 1.88 bits per heavy atom. The molecule has 1 aromatic carbocycles. The van der Waals surface area contributed by atoms with E-state index in [0.29, 0.717) is 43.9 Å². The number of nitrogens with zero attached hydrogens (tertiary/aromatic N) is 5. The van der Waals surface area contributed by atoms with Crippen LogP contribution in [0.25, 0.3) is 0 Å². The van der Waals surface area contributed by atoms with Crippen LogP contribution in [0.1, 0.15) is 41.6 Å². The Morgan fingerprint density at radius 1 is 1.21 bits per heavy atom. The molecule has 1 aliphatic heterocycles. The topological polar surface area (TPSA) is 110 Å². The summed E-state index contributed by atoms with van der Waals surface area (Å²) in [6.45, 7) is 3.94. The van der Waals surface area contributed by atoms with Gasteiger partial charge in [0.1, 0.15) is 11.6 Å². The number of amides is 1. The van der Waals surface area contributed by atoms with Gasteiger partial charge in [0.25, 0.3) is 15.9 Å². The largest absolute Gasteiger partial charge is 0.496 e. The van der Waals surface area contributed by atoms with Gasteiger partial charge in [-0.15, -0.1) is 5.10 Å².